The van der Waals surface area contributed by atoms with Gasteiger partial charge in [0.25, 0.3) is 5.78 Å². The van der Waals surface area contributed by atoms with Gasteiger partial charge in [-0.2, -0.15) is 0 Å². The van der Waals surface area contributed by atoms with Crippen LogP contribution < -0.4 is 23.8 Å². The first-order valence-electron chi connectivity index (χ1n) is 12.6. The smallest absolute Gasteiger partial charge is 0.301 e. The summed E-state index contributed by atoms with van der Waals surface area (Å²) in [7, 11) is 4.61. The van der Waals surface area contributed by atoms with Crippen molar-refractivity contribution >= 4 is 44.1 Å². The molecule has 6 rings (SSSR count). The number of carbonyl (C=O) groups excluding carboxylic acids is 2. The summed E-state index contributed by atoms with van der Waals surface area (Å²) in [6, 6.07) is 14.8. The second kappa shape index (κ2) is 9.87. The lowest BCUT2D eigenvalue weighted by Crippen LogP contribution is -2.29. The number of carbonyl (C=O) groups is 2. The monoisotopic (exact) mass is 558 g/mol. The minimum atomic E-state index is -0.967. The molecule has 2 aliphatic rings. The van der Waals surface area contributed by atoms with E-state index >= 15 is 0 Å². The molecule has 2 atom stereocenters. The van der Waals surface area contributed by atoms with E-state index in [0.29, 0.717) is 45.4 Å². The molecular formula is C30H26N2O7S. The lowest BCUT2D eigenvalue weighted by atomic mass is 9.94. The number of fused-ring (bicyclic) bond motifs is 2. The Morgan fingerprint density at radius 2 is 1.80 bits per heavy atom. The van der Waals surface area contributed by atoms with E-state index in [-0.39, 0.29) is 17.4 Å². The van der Waals surface area contributed by atoms with E-state index in [2.05, 4.69) is 4.98 Å². The Hall–Kier alpha value is -4.57. The van der Waals surface area contributed by atoms with Gasteiger partial charge < -0.3 is 24.1 Å². The van der Waals surface area contributed by atoms with Crippen molar-refractivity contribution < 1.29 is 33.6 Å². The van der Waals surface area contributed by atoms with Crippen molar-refractivity contribution in [1.82, 2.24) is 4.98 Å². The molecule has 10 heteroatoms. The molecule has 0 bridgehead atoms. The lowest BCUT2D eigenvalue weighted by Gasteiger charge is -2.23. The van der Waals surface area contributed by atoms with Crippen LogP contribution in [0, 0.1) is 0 Å². The highest BCUT2D eigenvalue weighted by Crippen LogP contribution is 2.46. The van der Waals surface area contributed by atoms with Crippen LogP contribution in [0.4, 0.5) is 5.13 Å². The summed E-state index contributed by atoms with van der Waals surface area (Å²) in [6.07, 6.45) is 0.696. The van der Waals surface area contributed by atoms with Crippen LogP contribution in [-0.2, 0) is 16.0 Å². The van der Waals surface area contributed by atoms with E-state index in [1.54, 1.807) is 55.6 Å². The van der Waals surface area contributed by atoms with Gasteiger partial charge in [-0.05, 0) is 66.6 Å². The van der Waals surface area contributed by atoms with Crippen LogP contribution in [-0.4, -0.2) is 49.2 Å². The molecule has 3 aromatic carbocycles. The minimum Gasteiger partial charge on any atom is -0.507 e. The summed E-state index contributed by atoms with van der Waals surface area (Å²) < 4.78 is 22.8. The molecule has 1 aromatic heterocycles. The molecule has 0 spiro atoms. The zero-order valence-electron chi connectivity index (χ0n) is 22.3. The van der Waals surface area contributed by atoms with Gasteiger partial charge in [0.2, 0.25) is 0 Å². The quantitative estimate of drug-likeness (QED) is 0.194. The fraction of sp³-hybridized carbons (Fsp3) is 0.233. The van der Waals surface area contributed by atoms with Crippen LogP contribution in [0.5, 0.6) is 23.0 Å². The number of amides is 1. The van der Waals surface area contributed by atoms with Gasteiger partial charge in [0.15, 0.2) is 16.6 Å². The van der Waals surface area contributed by atoms with Crippen LogP contribution in [0.2, 0.25) is 0 Å². The summed E-state index contributed by atoms with van der Waals surface area (Å²) in [5.74, 6) is 0.434. The lowest BCUT2D eigenvalue weighted by molar-refractivity contribution is -0.132. The van der Waals surface area contributed by atoms with Crippen LogP contribution in [0.1, 0.15) is 29.7 Å². The van der Waals surface area contributed by atoms with E-state index in [1.807, 2.05) is 13.0 Å². The molecule has 1 saturated heterocycles. The predicted molar refractivity (Wildman–Crippen MR) is 151 cm³/mol. The van der Waals surface area contributed by atoms with Crippen molar-refractivity contribution in [2.45, 2.75) is 25.5 Å². The van der Waals surface area contributed by atoms with E-state index in [4.69, 9.17) is 18.9 Å². The molecule has 0 unspecified atom stereocenters. The molecule has 0 saturated carbocycles. The second-order valence-electron chi connectivity index (χ2n) is 9.57. The van der Waals surface area contributed by atoms with E-state index in [0.717, 1.165) is 16.0 Å². The largest absolute Gasteiger partial charge is 0.507 e. The first-order chi connectivity index (χ1) is 19.3. The van der Waals surface area contributed by atoms with Crippen LogP contribution in [0.15, 0.2) is 60.2 Å². The van der Waals surface area contributed by atoms with Gasteiger partial charge in [-0.25, -0.2) is 4.98 Å². The minimum absolute atomic E-state index is 0.0161. The number of aliphatic hydroxyl groups excluding tert-OH is 1. The number of thiazole rings is 1. The first-order valence-corrected chi connectivity index (χ1v) is 13.4. The van der Waals surface area contributed by atoms with Gasteiger partial charge >= 0.3 is 5.91 Å². The van der Waals surface area contributed by atoms with E-state index < -0.39 is 17.7 Å². The molecule has 1 fully saturated rings. The Morgan fingerprint density at radius 3 is 2.55 bits per heavy atom. The number of anilines is 1. The molecule has 0 radical (unpaired) electrons. The second-order valence-corrected chi connectivity index (χ2v) is 10.6. The average molecular weight is 559 g/mol. The molecule has 4 aromatic rings. The van der Waals surface area contributed by atoms with Gasteiger partial charge in [0.05, 0.1) is 43.2 Å². The number of rotatable bonds is 6. The fourth-order valence-electron chi connectivity index (χ4n) is 5.22. The standard InChI is InChI=1S/C30H26N2O7S/c1-15-11-18-12-17(6-9-21(18)39-15)27(33)25-26(16-5-10-22(37-3)23(13-16)38-4)32(29(35)28(25)34)30-31-20-8-7-19(36-2)14-24(20)40-30/h5-10,12-15,26,33H,11H2,1-4H3/b27-25+/t15-,26-/m0/s1. The van der Waals surface area contributed by atoms with Crippen molar-refractivity contribution in [3.05, 3.63) is 76.9 Å². The summed E-state index contributed by atoms with van der Waals surface area (Å²) in [6.45, 7) is 1.97. The normalized spacial score (nSPS) is 19.6. The molecule has 3 heterocycles. The van der Waals surface area contributed by atoms with Gasteiger partial charge in [-0.1, -0.05) is 17.4 Å². The van der Waals surface area contributed by atoms with Crippen molar-refractivity contribution in [2.24, 2.45) is 0 Å². The van der Waals surface area contributed by atoms with Crippen molar-refractivity contribution in [3.63, 3.8) is 0 Å². The van der Waals surface area contributed by atoms with Crippen LogP contribution in [0.3, 0.4) is 0 Å². The van der Waals surface area contributed by atoms with E-state index in [9.17, 15) is 14.7 Å². The predicted octanol–water partition coefficient (Wildman–Crippen LogP) is 5.27. The Balaban J connectivity index is 1.55. The number of hydrogen-bond acceptors (Lipinski definition) is 9. The molecule has 9 nitrogen and oxygen atoms in total. The number of ketones is 1. The number of hydrogen-bond donors (Lipinski definition) is 1. The molecular weight excluding hydrogens is 532 g/mol. The summed E-state index contributed by atoms with van der Waals surface area (Å²) in [4.78, 5) is 33.3. The van der Waals surface area contributed by atoms with Crippen molar-refractivity contribution in [1.29, 1.82) is 0 Å². The molecule has 0 aliphatic carbocycles. The third-order valence-electron chi connectivity index (χ3n) is 7.13. The Labute approximate surface area is 234 Å². The number of aliphatic hydroxyl groups is 1. The highest BCUT2D eigenvalue weighted by molar-refractivity contribution is 7.22. The maximum atomic E-state index is 13.6. The Kier molecular flexibility index (Phi) is 6.34. The Bertz CT molecular complexity index is 1710. The maximum absolute atomic E-state index is 13.6. The van der Waals surface area contributed by atoms with E-state index in [1.165, 1.54) is 30.5 Å². The SMILES string of the molecule is COc1ccc2nc(N3C(=O)C(=O)/C(=C(/O)c4ccc5c(c4)C[C@H](C)O5)[C@@H]3c3ccc(OC)c(OC)c3)sc2c1. The number of ether oxygens (including phenoxy) is 4. The number of benzene rings is 3. The van der Waals surface area contributed by atoms with Gasteiger partial charge in [-0.15, -0.1) is 0 Å². The number of aromatic nitrogens is 1. The number of methoxy groups -OCH3 is 3. The zero-order chi connectivity index (χ0) is 28.1. The molecule has 1 amide bonds. The maximum Gasteiger partial charge on any atom is 0.301 e. The summed E-state index contributed by atoms with van der Waals surface area (Å²) >= 11 is 1.26. The van der Waals surface area contributed by atoms with Crippen molar-refractivity contribution in [3.8, 4) is 23.0 Å². The third kappa shape index (κ3) is 4.12. The molecule has 1 N–H and O–H groups in total. The summed E-state index contributed by atoms with van der Waals surface area (Å²) in [5.41, 5.74) is 2.51. The topological polar surface area (TPSA) is 107 Å². The van der Waals surface area contributed by atoms with Gasteiger partial charge in [0, 0.05) is 12.0 Å². The number of Topliss-reactive ketones (excluding diaryl/α,β-unsaturated/α-hetero) is 1. The Morgan fingerprint density at radius 1 is 1.00 bits per heavy atom. The fourth-order valence-corrected chi connectivity index (χ4v) is 6.24. The third-order valence-corrected chi connectivity index (χ3v) is 8.15. The van der Waals surface area contributed by atoms with Gasteiger partial charge in [-0.3, -0.25) is 14.5 Å². The number of nitrogens with zero attached hydrogens (tertiary/aromatic N) is 2. The molecule has 204 valence electrons. The van der Waals surface area contributed by atoms with Gasteiger partial charge in [0.1, 0.15) is 23.4 Å². The van der Waals surface area contributed by atoms with Crippen LogP contribution in [0.25, 0.3) is 16.0 Å². The molecule has 40 heavy (non-hydrogen) atoms. The zero-order valence-corrected chi connectivity index (χ0v) is 23.1. The highest BCUT2D eigenvalue weighted by atomic mass is 32.1. The summed E-state index contributed by atoms with van der Waals surface area (Å²) in [5, 5.41) is 11.9. The van der Waals surface area contributed by atoms with Crippen LogP contribution >= 0.6 is 11.3 Å². The average Bonchev–Trinajstić information content (AvgIpc) is 3.63. The van der Waals surface area contributed by atoms with Crippen molar-refractivity contribution in [2.75, 3.05) is 26.2 Å². The highest BCUT2D eigenvalue weighted by Gasteiger charge is 2.48. The molecule has 2 aliphatic heterocycles. The first kappa shape index (κ1) is 25.7.